The third-order valence-electron chi connectivity index (χ3n) is 7.94. The SMILES string of the molecule is CC(=O)N1CCC(N2C(=O)N(C)Cc3cnc4ccc(-c5cnc(N6CCN(C)CC6)nc5)nc4c32)CC1. The first-order valence-corrected chi connectivity index (χ1v) is 13.2. The number of rotatable bonds is 3. The second kappa shape index (κ2) is 9.79. The quantitative estimate of drug-likeness (QED) is 0.523. The zero-order valence-electron chi connectivity index (χ0n) is 22.2. The molecule has 0 aromatic carbocycles. The van der Waals surface area contributed by atoms with Crippen LogP contribution in [-0.4, -0.2) is 106 Å². The number of nitrogens with zero attached hydrogens (tertiary/aromatic N) is 9. The van der Waals surface area contributed by atoms with Crippen LogP contribution in [0.25, 0.3) is 22.3 Å². The number of aromatic nitrogens is 4. The van der Waals surface area contributed by atoms with Crippen LogP contribution in [-0.2, 0) is 11.3 Å². The summed E-state index contributed by atoms with van der Waals surface area (Å²) in [6, 6.07) is 3.83. The Labute approximate surface area is 222 Å². The molecule has 0 radical (unpaired) electrons. The maximum atomic E-state index is 13.5. The van der Waals surface area contributed by atoms with Crippen LogP contribution < -0.4 is 9.80 Å². The number of anilines is 2. The lowest BCUT2D eigenvalue weighted by molar-refractivity contribution is -0.129. The molecule has 198 valence electrons. The highest BCUT2D eigenvalue weighted by molar-refractivity contribution is 6.04. The van der Waals surface area contributed by atoms with Crippen molar-refractivity contribution in [2.75, 3.05) is 63.2 Å². The topological polar surface area (TPSA) is 102 Å². The summed E-state index contributed by atoms with van der Waals surface area (Å²) in [4.78, 5) is 54.3. The standard InChI is InChI=1S/C27H33N9O2/c1-18(37)34-8-6-21(7-9-34)36-25-20(17-33(3)27(36)38)16-28-23-5-4-22(31-24(23)25)19-14-29-26(30-15-19)35-12-10-32(2)11-13-35/h4-5,14-16,21H,6-13,17H2,1-3H3. The lowest BCUT2D eigenvalue weighted by Crippen LogP contribution is -2.54. The minimum Gasteiger partial charge on any atom is -0.343 e. The van der Waals surface area contributed by atoms with E-state index in [1.807, 2.05) is 47.6 Å². The van der Waals surface area contributed by atoms with Gasteiger partial charge in [-0.15, -0.1) is 0 Å². The number of urea groups is 1. The Morgan fingerprint density at radius 3 is 2.32 bits per heavy atom. The van der Waals surface area contributed by atoms with E-state index in [9.17, 15) is 9.59 Å². The molecule has 2 fully saturated rings. The smallest absolute Gasteiger partial charge is 0.324 e. The van der Waals surface area contributed by atoms with Crippen molar-refractivity contribution >= 4 is 34.6 Å². The van der Waals surface area contributed by atoms with Crippen molar-refractivity contribution in [3.05, 3.63) is 36.3 Å². The summed E-state index contributed by atoms with van der Waals surface area (Å²) < 4.78 is 0. The normalized spacial score (nSPS) is 19.3. The van der Waals surface area contributed by atoms with Gasteiger partial charge in [-0.1, -0.05) is 0 Å². The number of hydrogen-bond donors (Lipinski definition) is 0. The molecule has 3 amide bonds. The molecule has 0 unspecified atom stereocenters. The van der Waals surface area contributed by atoms with Gasteiger partial charge in [0.25, 0.3) is 0 Å². The molecule has 0 bridgehead atoms. The molecule has 38 heavy (non-hydrogen) atoms. The molecule has 0 saturated carbocycles. The van der Waals surface area contributed by atoms with Gasteiger partial charge < -0.3 is 19.6 Å². The molecule has 11 nitrogen and oxygen atoms in total. The molecule has 0 aliphatic carbocycles. The molecule has 3 aliphatic rings. The average Bonchev–Trinajstić information content (AvgIpc) is 2.94. The van der Waals surface area contributed by atoms with Gasteiger partial charge in [-0.3, -0.25) is 14.7 Å². The third kappa shape index (κ3) is 4.40. The van der Waals surface area contributed by atoms with E-state index in [0.29, 0.717) is 25.2 Å². The van der Waals surface area contributed by atoms with Crippen LogP contribution in [0.5, 0.6) is 0 Å². The average molecular weight is 516 g/mol. The molecule has 2 saturated heterocycles. The van der Waals surface area contributed by atoms with Crippen LogP contribution in [0.4, 0.5) is 16.4 Å². The number of fused-ring (bicyclic) bond motifs is 3. The van der Waals surface area contributed by atoms with Crippen molar-refractivity contribution in [1.82, 2.24) is 34.6 Å². The number of likely N-dealkylation sites (tertiary alicyclic amines) is 1. The second-order valence-corrected chi connectivity index (χ2v) is 10.5. The lowest BCUT2D eigenvalue weighted by Gasteiger charge is -2.43. The van der Waals surface area contributed by atoms with Gasteiger partial charge in [-0.05, 0) is 32.0 Å². The summed E-state index contributed by atoms with van der Waals surface area (Å²) in [5, 5.41) is 0. The number of piperidine rings is 1. The maximum Gasteiger partial charge on any atom is 0.324 e. The van der Waals surface area contributed by atoms with Crippen LogP contribution in [0.2, 0.25) is 0 Å². The van der Waals surface area contributed by atoms with E-state index in [2.05, 4.69) is 31.8 Å². The first kappa shape index (κ1) is 24.5. The zero-order valence-corrected chi connectivity index (χ0v) is 22.2. The Balaban J connectivity index is 1.35. The zero-order chi connectivity index (χ0) is 26.4. The Bertz CT molecular complexity index is 1360. The third-order valence-corrected chi connectivity index (χ3v) is 7.94. The van der Waals surface area contributed by atoms with E-state index in [0.717, 1.165) is 73.0 Å². The fraction of sp³-hybridized carbons (Fsp3) is 0.481. The van der Waals surface area contributed by atoms with Gasteiger partial charge in [0.1, 0.15) is 5.52 Å². The van der Waals surface area contributed by atoms with Crippen LogP contribution in [0.3, 0.4) is 0 Å². The van der Waals surface area contributed by atoms with Gasteiger partial charge in [0.15, 0.2) is 0 Å². The Morgan fingerprint density at radius 2 is 1.63 bits per heavy atom. The first-order chi connectivity index (χ1) is 18.4. The fourth-order valence-electron chi connectivity index (χ4n) is 5.64. The minimum atomic E-state index is -0.0432. The van der Waals surface area contributed by atoms with Crippen LogP contribution >= 0.6 is 0 Å². The molecule has 0 atom stereocenters. The monoisotopic (exact) mass is 515 g/mol. The molecule has 0 spiro atoms. The second-order valence-electron chi connectivity index (χ2n) is 10.5. The van der Waals surface area contributed by atoms with Gasteiger partial charge in [0, 0.05) is 89.0 Å². The molecule has 6 heterocycles. The highest BCUT2D eigenvalue weighted by Gasteiger charge is 2.37. The van der Waals surface area contributed by atoms with Gasteiger partial charge in [0.2, 0.25) is 11.9 Å². The largest absolute Gasteiger partial charge is 0.343 e. The Morgan fingerprint density at radius 1 is 0.921 bits per heavy atom. The number of amides is 3. The van der Waals surface area contributed by atoms with E-state index in [1.165, 1.54) is 0 Å². The van der Waals surface area contributed by atoms with Gasteiger partial charge in [-0.2, -0.15) is 0 Å². The predicted molar refractivity (Wildman–Crippen MR) is 145 cm³/mol. The summed E-state index contributed by atoms with van der Waals surface area (Å²) in [6.07, 6.45) is 6.96. The number of pyridine rings is 2. The van der Waals surface area contributed by atoms with Crippen molar-refractivity contribution in [2.45, 2.75) is 32.4 Å². The first-order valence-electron chi connectivity index (χ1n) is 13.2. The predicted octanol–water partition coefficient (Wildman–Crippen LogP) is 2.22. The van der Waals surface area contributed by atoms with Gasteiger partial charge in [-0.25, -0.2) is 19.7 Å². The summed E-state index contributed by atoms with van der Waals surface area (Å²) >= 11 is 0. The van der Waals surface area contributed by atoms with Crippen molar-refractivity contribution < 1.29 is 9.59 Å². The van der Waals surface area contributed by atoms with Gasteiger partial charge in [0.05, 0.1) is 23.4 Å². The molecular formula is C27H33N9O2. The van der Waals surface area contributed by atoms with E-state index < -0.39 is 0 Å². The molecular weight excluding hydrogens is 482 g/mol. The van der Waals surface area contributed by atoms with Crippen molar-refractivity contribution in [2.24, 2.45) is 0 Å². The number of hydrogen-bond acceptors (Lipinski definition) is 8. The Kier molecular flexibility index (Phi) is 6.30. The Hall–Kier alpha value is -3.86. The number of likely N-dealkylation sites (N-methyl/N-ethyl adjacent to an activating group) is 1. The van der Waals surface area contributed by atoms with E-state index >= 15 is 0 Å². The van der Waals surface area contributed by atoms with E-state index in [-0.39, 0.29) is 18.0 Å². The molecule has 11 heteroatoms. The van der Waals surface area contributed by atoms with E-state index in [1.54, 1.807) is 11.8 Å². The highest BCUT2D eigenvalue weighted by atomic mass is 16.2. The van der Waals surface area contributed by atoms with Crippen molar-refractivity contribution in [1.29, 1.82) is 0 Å². The lowest BCUT2D eigenvalue weighted by atomic mass is 9.99. The van der Waals surface area contributed by atoms with Crippen LogP contribution in [0, 0.1) is 0 Å². The van der Waals surface area contributed by atoms with Crippen molar-refractivity contribution in [3.8, 4) is 11.3 Å². The molecule has 3 aromatic heterocycles. The van der Waals surface area contributed by atoms with Crippen LogP contribution in [0.15, 0.2) is 30.7 Å². The molecule has 3 aromatic rings. The summed E-state index contributed by atoms with van der Waals surface area (Å²) in [7, 11) is 3.94. The summed E-state index contributed by atoms with van der Waals surface area (Å²) in [5.41, 5.74) is 4.82. The van der Waals surface area contributed by atoms with Gasteiger partial charge >= 0.3 is 6.03 Å². The molecule has 0 N–H and O–H groups in total. The van der Waals surface area contributed by atoms with Crippen molar-refractivity contribution in [3.63, 3.8) is 0 Å². The van der Waals surface area contributed by atoms with E-state index in [4.69, 9.17) is 4.98 Å². The molecule has 6 rings (SSSR count). The number of carbonyl (C=O) groups is 2. The maximum absolute atomic E-state index is 13.5. The minimum absolute atomic E-state index is 0.0122. The number of carbonyl (C=O) groups excluding carboxylic acids is 2. The number of piperazine rings is 1. The highest BCUT2D eigenvalue weighted by Crippen LogP contribution is 2.37. The van der Waals surface area contributed by atoms with Crippen LogP contribution in [0.1, 0.15) is 25.3 Å². The summed E-state index contributed by atoms with van der Waals surface area (Å²) in [5.74, 6) is 0.811. The summed E-state index contributed by atoms with van der Waals surface area (Å²) in [6.45, 7) is 7.16. The fourth-order valence-corrected chi connectivity index (χ4v) is 5.64. The molecule has 3 aliphatic heterocycles.